The lowest BCUT2D eigenvalue weighted by atomic mass is 10.3. The van der Waals surface area contributed by atoms with Crippen LogP contribution in [-0.2, 0) is 46.3 Å². The van der Waals surface area contributed by atoms with Gasteiger partial charge < -0.3 is 23.0 Å². The zero-order valence-corrected chi connectivity index (χ0v) is 22.4. The molecule has 0 rings (SSSR count). The third-order valence-electron chi connectivity index (χ3n) is 4.03. The Bertz CT molecular complexity index is 626. The van der Waals surface area contributed by atoms with Crippen LogP contribution in [0.2, 0.25) is 0 Å². The van der Waals surface area contributed by atoms with Crippen molar-refractivity contribution in [1.29, 1.82) is 0 Å². The highest BCUT2D eigenvalue weighted by Gasteiger charge is 2.27. The fraction of sp³-hybridized carbons (Fsp3) is 0.905. The standard InChI is InChI=1S/C21H42O10P2/c1-5-11-26-14-15-29-33(25,31-19-21(23)27-12-6-2)17-10-8-9-16-32(24,28-13-7-3)30-18-20(4)22/h5-19H2,1-4H3. The molecule has 196 valence electrons. The van der Waals surface area contributed by atoms with E-state index in [4.69, 9.17) is 27.6 Å². The fourth-order valence-corrected chi connectivity index (χ4v) is 5.81. The highest BCUT2D eigenvalue weighted by Crippen LogP contribution is 2.51. The summed E-state index contributed by atoms with van der Waals surface area (Å²) in [6, 6.07) is 0. The molecule has 0 amide bonds. The Balaban J connectivity index is 4.64. The van der Waals surface area contributed by atoms with Gasteiger partial charge in [0.2, 0.25) is 0 Å². The highest BCUT2D eigenvalue weighted by molar-refractivity contribution is 7.54. The summed E-state index contributed by atoms with van der Waals surface area (Å²) in [4.78, 5) is 22.9. The molecule has 0 aromatic carbocycles. The monoisotopic (exact) mass is 516 g/mol. The summed E-state index contributed by atoms with van der Waals surface area (Å²) in [7, 11) is -6.90. The molecule has 0 bridgehead atoms. The summed E-state index contributed by atoms with van der Waals surface area (Å²) >= 11 is 0. The molecule has 0 aliphatic heterocycles. The number of ether oxygens (including phenoxy) is 2. The van der Waals surface area contributed by atoms with Gasteiger partial charge in [-0.2, -0.15) is 0 Å². The average molecular weight is 517 g/mol. The van der Waals surface area contributed by atoms with Crippen molar-refractivity contribution in [2.45, 2.75) is 66.2 Å². The van der Waals surface area contributed by atoms with Crippen LogP contribution in [0.3, 0.4) is 0 Å². The number of Topliss-reactive ketones (excluding diaryl/α,β-unsaturated/α-hetero) is 1. The molecule has 0 aliphatic rings. The Morgan fingerprint density at radius 2 is 1.18 bits per heavy atom. The second-order valence-corrected chi connectivity index (χ2v) is 11.8. The van der Waals surface area contributed by atoms with Crippen molar-refractivity contribution in [1.82, 2.24) is 0 Å². The van der Waals surface area contributed by atoms with Gasteiger partial charge in [0, 0.05) is 6.61 Å². The van der Waals surface area contributed by atoms with Gasteiger partial charge in [-0.1, -0.05) is 27.2 Å². The third-order valence-corrected chi connectivity index (χ3v) is 7.96. The molecule has 0 saturated heterocycles. The van der Waals surface area contributed by atoms with E-state index in [0.29, 0.717) is 38.7 Å². The molecule has 0 fully saturated rings. The molecule has 33 heavy (non-hydrogen) atoms. The van der Waals surface area contributed by atoms with Gasteiger partial charge in [0.15, 0.2) is 12.4 Å². The zero-order valence-electron chi connectivity index (χ0n) is 20.6. The van der Waals surface area contributed by atoms with Crippen LogP contribution in [0.25, 0.3) is 0 Å². The topological polar surface area (TPSA) is 124 Å². The van der Waals surface area contributed by atoms with Crippen LogP contribution in [0, 0.1) is 0 Å². The normalized spacial score (nSPS) is 15.0. The minimum Gasteiger partial charge on any atom is -0.464 e. The number of unbranched alkanes of at least 4 members (excludes halogenated alkanes) is 2. The first kappa shape index (κ1) is 32.4. The largest absolute Gasteiger partial charge is 0.464 e. The van der Waals surface area contributed by atoms with Crippen molar-refractivity contribution in [3.05, 3.63) is 0 Å². The van der Waals surface area contributed by atoms with Gasteiger partial charge in [-0.25, -0.2) is 4.79 Å². The minimum atomic E-state index is -3.54. The first-order valence-electron chi connectivity index (χ1n) is 11.7. The Kier molecular flexibility index (Phi) is 19.3. The molecule has 0 N–H and O–H groups in total. The fourth-order valence-electron chi connectivity index (χ4n) is 2.43. The second kappa shape index (κ2) is 19.7. The van der Waals surface area contributed by atoms with Crippen molar-refractivity contribution in [3.8, 4) is 0 Å². The first-order chi connectivity index (χ1) is 15.7. The van der Waals surface area contributed by atoms with Crippen molar-refractivity contribution in [2.24, 2.45) is 0 Å². The number of carbonyl (C=O) groups excluding carboxylic acids is 2. The van der Waals surface area contributed by atoms with E-state index in [2.05, 4.69) is 0 Å². The second-order valence-electron chi connectivity index (χ2n) is 7.48. The van der Waals surface area contributed by atoms with Crippen LogP contribution in [0.1, 0.15) is 66.2 Å². The van der Waals surface area contributed by atoms with E-state index in [0.717, 1.165) is 6.42 Å². The minimum absolute atomic E-state index is 0.0836. The van der Waals surface area contributed by atoms with E-state index in [9.17, 15) is 18.7 Å². The lowest BCUT2D eigenvalue weighted by Crippen LogP contribution is -2.15. The van der Waals surface area contributed by atoms with Gasteiger partial charge in [-0.05, 0) is 39.0 Å². The maximum Gasteiger partial charge on any atom is 0.332 e. The first-order valence-corrected chi connectivity index (χ1v) is 15.1. The molecule has 0 aliphatic carbocycles. The Labute approximate surface area is 198 Å². The SMILES string of the molecule is CCCOCCOP(=O)(CCCCCP(=O)(OCCC)OCC(C)=O)OCC(=O)OCCC. The quantitative estimate of drug-likeness (QED) is 0.104. The Hall–Kier alpha value is -0.600. The number of ketones is 1. The molecule has 0 spiro atoms. The summed E-state index contributed by atoms with van der Waals surface area (Å²) in [6.07, 6.45) is 3.96. The van der Waals surface area contributed by atoms with Gasteiger partial charge in [0.1, 0.15) is 6.61 Å². The Morgan fingerprint density at radius 1 is 0.636 bits per heavy atom. The van der Waals surface area contributed by atoms with Crippen LogP contribution >= 0.6 is 15.2 Å². The molecule has 2 unspecified atom stereocenters. The van der Waals surface area contributed by atoms with Crippen LogP contribution in [0.15, 0.2) is 0 Å². The van der Waals surface area contributed by atoms with Gasteiger partial charge >= 0.3 is 21.2 Å². The third kappa shape index (κ3) is 18.4. The maximum absolute atomic E-state index is 13.1. The van der Waals surface area contributed by atoms with E-state index in [-0.39, 0.29) is 51.1 Å². The summed E-state index contributed by atoms with van der Waals surface area (Å²) in [5.41, 5.74) is 0. The lowest BCUT2D eigenvalue weighted by Gasteiger charge is -2.19. The molecule has 0 saturated carbocycles. The summed E-state index contributed by atoms with van der Waals surface area (Å²) < 4.78 is 57.5. The van der Waals surface area contributed by atoms with E-state index >= 15 is 0 Å². The van der Waals surface area contributed by atoms with Gasteiger partial charge in [-0.3, -0.25) is 18.4 Å². The van der Waals surface area contributed by atoms with Crippen LogP contribution < -0.4 is 0 Å². The predicted octanol–water partition coefficient (Wildman–Crippen LogP) is 4.99. The van der Waals surface area contributed by atoms with Crippen molar-refractivity contribution in [2.75, 3.05) is 58.6 Å². The lowest BCUT2D eigenvalue weighted by molar-refractivity contribution is -0.146. The smallest absolute Gasteiger partial charge is 0.332 e. The summed E-state index contributed by atoms with van der Waals surface area (Å²) in [5, 5.41) is 0. The highest BCUT2D eigenvalue weighted by atomic mass is 31.2. The molecule has 10 nitrogen and oxygen atoms in total. The number of rotatable bonds is 23. The molecule has 0 heterocycles. The maximum atomic E-state index is 13.1. The van der Waals surface area contributed by atoms with E-state index in [1.165, 1.54) is 6.92 Å². The van der Waals surface area contributed by atoms with E-state index in [1.54, 1.807) is 0 Å². The number of hydrogen-bond acceptors (Lipinski definition) is 10. The van der Waals surface area contributed by atoms with Gasteiger partial charge in [0.25, 0.3) is 0 Å². The van der Waals surface area contributed by atoms with Gasteiger partial charge in [-0.15, -0.1) is 0 Å². The summed E-state index contributed by atoms with van der Waals surface area (Å²) in [6.45, 7) is 7.86. The van der Waals surface area contributed by atoms with Crippen molar-refractivity contribution < 1.29 is 46.3 Å². The molecule has 0 radical (unpaired) electrons. The van der Waals surface area contributed by atoms with Crippen LogP contribution in [0.4, 0.5) is 0 Å². The van der Waals surface area contributed by atoms with E-state index < -0.39 is 27.8 Å². The molecule has 12 heteroatoms. The molecule has 0 aromatic rings. The average Bonchev–Trinajstić information content (AvgIpc) is 2.78. The van der Waals surface area contributed by atoms with Crippen molar-refractivity contribution in [3.63, 3.8) is 0 Å². The van der Waals surface area contributed by atoms with Crippen molar-refractivity contribution >= 4 is 26.9 Å². The summed E-state index contributed by atoms with van der Waals surface area (Å²) in [5.74, 6) is -0.828. The molecular formula is C21H42O10P2. The zero-order chi connectivity index (χ0) is 25.0. The van der Waals surface area contributed by atoms with Crippen LogP contribution in [-0.4, -0.2) is 70.3 Å². The van der Waals surface area contributed by atoms with Gasteiger partial charge in [0.05, 0.1) is 38.8 Å². The van der Waals surface area contributed by atoms with E-state index in [1.807, 2.05) is 20.8 Å². The number of carbonyl (C=O) groups is 2. The van der Waals surface area contributed by atoms with Crippen LogP contribution in [0.5, 0.6) is 0 Å². The predicted molar refractivity (Wildman–Crippen MR) is 126 cm³/mol. The molecular weight excluding hydrogens is 474 g/mol. The Morgan fingerprint density at radius 3 is 1.73 bits per heavy atom. The number of esters is 1. The number of hydrogen-bond donors (Lipinski definition) is 0. The molecule has 2 atom stereocenters. The molecule has 0 aromatic heterocycles.